The van der Waals surface area contributed by atoms with Crippen molar-refractivity contribution in [1.82, 2.24) is 0 Å². The van der Waals surface area contributed by atoms with Crippen LogP contribution in [0.2, 0.25) is 0 Å². The average Bonchev–Trinajstić information content (AvgIpc) is 2.95. The van der Waals surface area contributed by atoms with Crippen molar-refractivity contribution in [2.45, 2.75) is 23.6 Å². The summed E-state index contributed by atoms with van der Waals surface area (Å²) in [5.41, 5.74) is 4.57. The molecule has 0 N–H and O–H groups in total. The van der Waals surface area contributed by atoms with Crippen molar-refractivity contribution in [3.63, 3.8) is 0 Å². The van der Waals surface area contributed by atoms with Gasteiger partial charge in [0.25, 0.3) is 0 Å². The van der Waals surface area contributed by atoms with Crippen molar-refractivity contribution in [3.8, 4) is 11.3 Å². The van der Waals surface area contributed by atoms with Crippen molar-refractivity contribution < 1.29 is 4.42 Å². The van der Waals surface area contributed by atoms with Gasteiger partial charge in [0.15, 0.2) is 0 Å². The molecule has 24 heavy (non-hydrogen) atoms. The van der Waals surface area contributed by atoms with Gasteiger partial charge in [0.2, 0.25) is 0 Å². The zero-order chi connectivity index (χ0) is 16.5. The van der Waals surface area contributed by atoms with E-state index in [-0.39, 0.29) is 0 Å². The fourth-order valence-corrected chi connectivity index (χ4v) is 3.82. The first-order valence-corrected chi connectivity index (χ1v) is 8.85. The van der Waals surface area contributed by atoms with Crippen LogP contribution in [0.3, 0.4) is 0 Å². The summed E-state index contributed by atoms with van der Waals surface area (Å²) >= 11 is 1.77. The third-order valence-electron chi connectivity index (χ3n) is 4.07. The van der Waals surface area contributed by atoms with E-state index in [1.54, 1.807) is 11.8 Å². The molecule has 4 aromatic rings. The summed E-state index contributed by atoms with van der Waals surface area (Å²) in [4.78, 5) is 2.41. The van der Waals surface area contributed by atoms with Crippen LogP contribution < -0.4 is 0 Å². The van der Waals surface area contributed by atoms with Crippen molar-refractivity contribution in [3.05, 3.63) is 83.9 Å². The van der Waals surface area contributed by atoms with Gasteiger partial charge in [0.1, 0.15) is 11.3 Å². The fraction of sp³-hybridized carbons (Fsp3) is 0.0909. The number of benzene rings is 3. The molecule has 0 aliphatic heterocycles. The summed E-state index contributed by atoms with van der Waals surface area (Å²) in [6, 6.07) is 25.3. The molecule has 0 saturated carbocycles. The summed E-state index contributed by atoms with van der Waals surface area (Å²) in [6.07, 6.45) is 0. The molecule has 0 radical (unpaired) electrons. The average molecular weight is 330 g/mol. The Hall–Kier alpha value is -2.45. The summed E-state index contributed by atoms with van der Waals surface area (Å²) < 4.78 is 6.22. The highest BCUT2D eigenvalue weighted by molar-refractivity contribution is 7.99. The smallest absolute Gasteiger partial charge is 0.149 e. The van der Waals surface area contributed by atoms with Gasteiger partial charge in [-0.3, -0.25) is 0 Å². The summed E-state index contributed by atoms with van der Waals surface area (Å²) in [5.74, 6) is 0.946. The van der Waals surface area contributed by atoms with Crippen molar-refractivity contribution in [2.24, 2.45) is 0 Å². The third-order valence-corrected chi connectivity index (χ3v) is 5.19. The number of rotatable bonds is 3. The minimum Gasteiger partial charge on any atom is -0.455 e. The maximum atomic E-state index is 6.22. The highest BCUT2D eigenvalue weighted by atomic mass is 32.2. The minimum absolute atomic E-state index is 0.939. The highest BCUT2D eigenvalue weighted by Gasteiger charge is 2.17. The largest absolute Gasteiger partial charge is 0.455 e. The summed E-state index contributed by atoms with van der Waals surface area (Å²) in [7, 11) is 0. The first kappa shape index (κ1) is 15.1. The molecule has 0 aliphatic rings. The van der Waals surface area contributed by atoms with Crippen LogP contribution in [0.25, 0.3) is 22.3 Å². The van der Waals surface area contributed by atoms with E-state index < -0.39 is 0 Å². The van der Waals surface area contributed by atoms with Gasteiger partial charge in [0, 0.05) is 15.8 Å². The Bertz CT molecular complexity index is 982. The van der Waals surface area contributed by atoms with Crippen LogP contribution in [-0.4, -0.2) is 0 Å². The van der Waals surface area contributed by atoms with Gasteiger partial charge in [-0.1, -0.05) is 71.4 Å². The van der Waals surface area contributed by atoms with Gasteiger partial charge in [-0.25, -0.2) is 0 Å². The molecule has 0 fully saturated rings. The molecule has 0 spiro atoms. The zero-order valence-corrected chi connectivity index (χ0v) is 14.6. The maximum absolute atomic E-state index is 6.22. The zero-order valence-electron chi connectivity index (χ0n) is 13.7. The molecule has 118 valence electrons. The van der Waals surface area contributed by atoms with E-state index in [1.807, 2.05) is 18.2 Å². The Balaban J connectivity index is 1.90. The Labute approximate surface area is 146 Å². The van der Waals surface area contributed by atoms with Crippen molar-refractivity contribution in [2.75, 3.05) is 0 Å². The number of furan rings is 1. The Morgan fingerprint density at radius 2 is 1.46 bits per heavy atom. The quantitative estimate of drug-likeness (QED) is 0.406. The van der Waals surface area contributed by atoms with E-state index in [1.165, 1.54) is 26.3 Å². The van der Waals surface area contributed by atoms with Crippen LogP contribution in [0.1, 0.15) is 11.1 Å². The van der Waals surface area contributed by atoms with Crippen LogP contribution in [-0.2, 0) is 0 Å². The molecule has 0 amide bonds. The van der Waals surface area contributed by atoms with E-state index in [4.69, 9.17) is 4.42 Å². The molecule has 1 nitrogen and oxygen atoms in total. The predicted octanol–water partition coefficient (Wildman–Crippen LogP) is 6.87. The second kappa shape index (κ2) is 6.21. The second-order valence-corrected chi connectivity index (χ2v) is 7.12. The lowest BCUT2D eigenvalue weighted by Crippen LogP contribution is -1.79. The molecule has 1 aromatic heterocycles. The van der Waals surface area contributed by atoms with E-state index in [0.717, 1.165) is 16.9 Å². The Morgan fingerprint density at radius 3 is 2.21 bits per heavy atom. The fourth-order valence-electron chi connectivity index (χ4n) is 2.79. The van der Waals surface area contributed by atoms with Crippen LogP contribution in [0.4, 0.5) is 0 Å². The Kier molecular flexibility index (Phi) is 3.91. The number of hydrogen-bond donors (Lipinski definition) is 0. The Morgan fingerprint density at radius 1 is 0.750 bits per heavy atom. The molecule has 1 heterocycles. The molecule has 0 saturated heterocycles. The standard InChI is InChI=1S/C22H18OS/c1-15-8-11-18(12-9-15)24-22-19-14-16(2)10-13-20(19)23-21(22)17-6-4-3-5-7-17/h3-14H,1-2H3. The lowest BCUT2D eigenvalue weighted by atomic mass is 10.1. The minimum atomic E-state index is 0.939. The van der Waals surface area contributed by atoms with Crippen molar-refractivity contribution >= 4 is 22.7 Å². The summed E-state index contributed by atoms with van der Waals surface area (Å²) in [5, 5.41) is 1.18. The highest BCUT2D eigenvalue weighted by Crippen LogP contribution is 2.43. The van der Waals surface area contributed by atoms with Crippen LogP contribution in [0.15, 0.2) is 87.0 Å². The first-order chi connectivity index (χ1) is 11.7. The molecule has 3 aromatic carbocycles. The molecular formula is C22H18OS. The molecule has 0 atom stereocenters. The van der Waals surface area contributed by atoms with Crippen molar-refractivity contribution in [1.29, 1.82) is 0 Å². The first-order valence-electron chi connectivity index (χ1n) is 8.04. The van der Waals surface area contributed by atoms with Gasteiger partial charge >= 0.3 is 0 Å². The molecule has 0 bridgehead atoms. The monoisotopic (exact) mass is 330 g/mol. The maximum Gasteiger partial charge on any atom is 0.149 e. The molecular weight excluding hydrogens is 312 g/mol. The topological polar surface area (TPSA) is 13.1 Å². The molecule has 0 aliphatic carbocycles. The van der Waals surface area contributed by atoms with E-state index in [9.17, 15) is 0 Å². The van der Waals surface area contributed by atoms with Gasteiger partial charge in [0.05, 0.1) is 4.90 Å². The van der Waals surface area contributed by atoms with Crippen LogP contribution >= 0.6 is 11.8 Å². The number of aryl methyl sites for hydroxylation is 2. The van der Waals surface area contributed by atoms with E-state index >= 15 is 0 Å². The van der Waals surface area contributed by atoms with E-state index in [0.29, 0.717) is 0 Å². The van der Waals surface area contributed by atoms with Gasteiger partial charge in [-0.05, 0) is 38.1 Å². The molecule has 4 rings (SSSR count). The lowest BCUT2D eigenvalue weighted by molar-refractivity contribution is 0.625. The molecule has 0 unspecified atom stereocenters. The summed E-state index contributed by atoms with van der Waals surface area (Å²) in [6.45, 7) is 4.23. The lowest BCUT2D eigenvalue weighted by Gasteiger charge is -2.04. The molecule has 2 heteroatoms. The normalized spacial score (nSPS) is 11.1. The number of hydrogen-bond acceptors (Lipinski definition) is 2. The predicted molar refractivity (Wildman–Crippen MR) is 102 cm³/mol. The number of fused-ring (bicyclic) bond motifs is 1. The van der Waals surface area contributed by atoms with Gasteiger partial charge in [-0.15, -0.1) is 0 Å². The second-order valence-electron chi connectivity index (χ2n) is 6.04. The van der Waals surface area contributed by atoms with E-state index in [2.05, 4.69) is 68.4 Å². The van der Waals surface area contributed by atoms with Gasteiger partial charge in [-0.2, -0.15) is 0 Å². The van der Waals surface area contributed by atoms with Crippen LogP contribution in [0, 0.1) is 13.8 Å². The SMILES string of the molecule is Cc1ccc(Sc2c(-c3ccccc3)oc3ccc(C)cc23)cc1. The third kappa shape index (κ3) is 2.85. The van der Waals surface area contributed by atoms with Gasteiger partial charge < -0.3 is 4.42 Å². The van der Waals surface area contributed by atoms with Crippen LogP contribution in [0.5, 0.6) is 0 Å².